The fourth-order valence-corrected chi connectivity index (χ4v) is 10.4. The van der Waals surface area contributed by atoms with Crippen LogP contribution in [0.3, 0.4) is 0 Å². The van der Waals surface area contributed by atoms with Gasteiger partial charge in [-0.25, -0.2) is 0 Å². The molecule has 0 aromatic heterocycles. The van der Waals surface area contributed by atoms with Crippen LogP contribution in [0.25, 0.3) is 0 Å². The van der Waals surface area contributed by atoms with Gasteiger partial charge in [-0.15, -0.1) is 0 Å². The second-order valence-electron chi connectivity index (χ2n) is 23.9. The normalized spacial score (nSPS) is 23.8. The van der Waals surface area contributed by atoms with Gasteiger partial charge in [-0.05, 0) is 116 Å². The van der Waals surface area contributed by atoms with Crippen molar-refractivity contribution in [2.75, 3.05) is 19.8 Å². The van der Waals surface area contributed by atoms with E-state index >= 15 is 0 Å². The van der Waals surface area contributed by atoms with Crippen molar-refractivity contribution in [2.45, 2.75) is 306 Å². The SMILES string of the molecule is CC/C=C\C/C=C\C/C=C\C/C=C\C/C=C\C/C=C\C/C=C\C/C=C\C/C=C\CCCCCCCCCC(=O)NC(COC1OC(CO)C(OC2OC(CO)C(O)C(O)C2O)C(O)C1O)C(O)/C=C/CC/C=C/CC/C=C/CCCCCCCCCCCCC. The van der Waals surface area contributed by atoms with E-state index in [2.05, 4.69) is 153 Å². The molecule has 0 aromatic carbocycles. The first kappa shape index (κ1) is 82.0. The van der Waals surface area contributed by atoms with E-state index in [0.29, 0.717) is 12.8 Å². The van der Waals surface area contributed by atoms with E-state index in [0.717, 1.165) is 128 Å². The summed E-state index contributed by atoms with van der Waals surface area (Å²) in [5.41, 5.74) is 0. The monoisotopic (exact) mass is 1260 g/mol. The lowest BCUT2D eigenvalue weighted by Gasteiger charge is -2.46. The first-order valence-electron chi connectivity index (χ1n) is 35.1. The third-order valence-corrected chi connectivity index (χ3v) is 16.0. The van der Waals surface area contributed by atoms with Crippen molar-refractivity contribution in [3.05, 3.63) is 146 Å². The molecule has 2 rings (SSSR count). The van der Waals surface area contributed by atoms with Crippen LogP contribution in [0.5, 0.6) is 0 Å². The van der Waals surface area contributed by atoms with Gasteiger partial charge >= 0.3 is 0 Å². The number of ether oxygens (including phenoxy) is 4. The van der Waals surface area contributed by atoms with Gasteiger partial charge < -0.3 is 65.1 Å². The first-order chi connectivity index (χ1) is 44.1. The Bertz CT molecular complexity index is 2070. The van der Waals surface area contributed by atoms with Gasteiger partial charge in [0.25, 0.3) is 0 Å². The van der Waals surface area contributed by atoms with Crippen molar-refractivity contribution in [2.24, 2.45) is 0 Å². The van der Waals surface area contributed by atoms with E-state index in [4.69, 9.17) is 18.9 Å². The highest BCUT2D eigenvalue weighted by Gasteiger charge is 2.51. The summed E-state index contributed by atoms with van der Waals surface area (Å²) >= 11 is 0. The number of allylic oxidation sites excluding steroid dienone is 23. The minimum absolute atomic E-state index is 0.247. The maximum Gasteiger partial charge on any atom is 0.220 e. The van der Waals surface area contributed by atoms with Gasteiger partial charge in [-0.1, -0.05) is 256 Å². The highest BCUT2D eigenvalue weighted by molar-refractivity contribution is 5.76. The molecule has 90 heavy (non-hydrogen) atoms. The highest BCUT2D eigenvalue weighted by atomic mass is 16.7. The lowest BCUT2D eigenvalue weighted by molar-refractivity contribution is -0.359. The van der Waals surface area contributed by atoms with E-state index in [1.165, 1.54) is 70.6 Å². The zero-order valence-electron chi connectivity index (χ0n) is 55.6. The molecule has 2 heterocycles. The van der Waals surface area contributed by atoms with Crippen LogP contribution in [-0.2, 0) is 23.7 Å². The molecule has 2 aliphatic rings. The largest absolute Gasteiger partial charge is 0.394 e. The molecule has 0 aliphatic carbocycles. The number of hydrogen-bond acceptors (Lipinski definition) is 13. The average Bonchev–Trinajstić information content (AvgIpc) is 1.28. The molecule has 9 N–H and O–H groups in total. The van der Waals surface area contributed by atoms with Gasteiger partial charge in [0, 0.05) is 6.42 Å². The average molecular weight is 1260 g/mol. The Morgan fingerprint density at radius 3 is 1.22 bits per heavy atom. The van der Waals surface area contributed by atoms with Gasteiger partial charge in [0.1, 0.15) is 48.8 Å². The topological polar surface area (TPSA) is 228 Å². The maximum absolute atomic E-state index is 13.3. The molecule has 12 unspecified atom stereocenters. The van der Waals surface area contributed by atoms with Gasteiger partial charge in [0.2, 0.25) is 5.91 Å². The van der Waals surface area contributed by atoms with Gasteiger partial charge in [0.05, 0.1) is 32.0 Å². The summed E-state index contributed by atoms with van der Waals surface area (Å²) in [6.45, 7) is 2.65. The number of carbonyl (C=O) groups excluding carboxylic acids is 1. The lowest BCUT2D eigenvalue weighted by Crippen LogP contribution is -2.65. The quantitative estimate of drug-likeness (QED) is 0.0204. The molecule has 512 valence electrons. The number of aliphatic hydroxyl groups excluding tert-OH is 8. The summed E-state index contributed by atoms with van der Waals surface area (Å²) < 4.78 is 22.8. The summed E-state index contributed by atoms with van der Waals surface area (Å²) in [5, 5.41) is 87.4. The van der Waals surface area contributed by atoms with Crippen molar-refractivity contribution in [1.29, 1.82) is 0 Å². The van der Waals surface area contributed by atoms with E-state index in [1.54, 1.807) is 6.08 Å². The predicted octanol–water partition coefficient (Wildman–Crippen LogP) is 14.5. The molecular weight excluding hydrogens is 1130 g/mol. The molecule has 2 fully saturated rings. The fourth-order valence-electron chi connectivity index (χ4n) is 10.4. The summed E-state index contributed by atoms with van der Waals surface area (Å²) in [5.74, 6) is -0.270. The zero-order chi connectivity index (χ0) is 65.2. The van der Waals surface area contributed by atoms with Crippen LogP contribution < -0.4 is 5.32 Å². The van der Waals surface area contributed by atoms with E-state index in [1.807, 2.05) is 6.08 Å². The summed E-state index contributed by atoms with van der Waals surface area (Å²) in [6, 6.07) is -0.956. The number of carbonyl (C=O) groups is 1. The molecule has 0 aromatic rings. The number of aliphatic hydroxyl groups is 8. The molecule has 14 heteroatoms. The first-order valence-corrected chi connectivity index (χ1v) is 35.1. The third-order valence-electron chi connectivity index (χ3n) is 16.0. The Morgan fingerprint density at radius 2 is 0.778 bits per heavy atom. The van der Waals surface area contributed by atoms with Crippen LogP contribution in [0.2, 0.25) is 0 Å². The predicted molar refractivity (Wildman–Crippen MR) is 368 cm³/mol. The van der Waals surface area contributed by atoms with Gasteiger partial charge in [-0.3, -0.25) is 4.79 Å². The van der Waals surface area contributed by atoms with Crippen LogP contribution in [0.4, 0.5) is 0 Å². The van der Waals surface area contributed by atoms with E-state index < -0.39 is 86.8 Å². The number of hydrogen-bond donors (Lipinski definition) is 9. The van der Waals surface area contributed by atoms with Crippen LogP contribution >= 0.6 is 0 Å². The molecule has 2 aliphatic heterocycles. The van der Waals surface area contributed by atoms with Crippen molar-refractivity contribution in [3.63, 3.8) is 0 Å². The van der Waals surface area contributed by atoms with Crippen LogP contribution in [-0.4, -0.2) is 140 Å². The number of unbranched alkanes of at least 4 members (excludes halogenated alkanes) is 20. The number of amides is 1. The molecular formula is C76H125NO13. The van der Waals surface area contributed by atoms with Crippen LogP contribution in [0.15, 0.2) is 146 Å². The van der Waals surface area contributed by atoms with E-state index in [9.17, 15) is 45.6 Å². The minimum atomic E-state index is -1.80. The summed E-state index contributed by atoms with van der Waals surface area (Å²) in [6.07, 6.45) is 71.7. The summed E-state index contributed by atoms with van der Waals surface area (Å²) in [7, 11) is 0. The Labute approximate surface area is 544 Å². The molecule has 2 saturated heterocycles. The zero-order valence-corrected chi connectivity index (χ0v) is 55.6. The van der Waals surface area contributed by atoms with Crippen molar-refractivity contribution >= 4 is 5.91 Å². The molecule has 12 atom stereocenters. The van der Waals surface area contributed by atoms with Crippen molar-refractivity contribution in [1.82, 2.24) is 5.32 Å². The Kier molecular flexibility index (Phi) is 53.4. The standard InChI is InChI=1S/C76H125NO13/c1-3-5-7-9-11-13-15-17-19-21-23-25-26-27-28-29-30-31-32-33-34-35-36-37-38-40-42-44-46-48-50-52-54-56-58-60-68(81)77-64(65(80)59-57-55-53-51-49-47-45-43-41-39-24-22-20-18-16-14-12-10-8-6-4-2)63-87-75-73(86)71(84)74(67(62-79)89-75)90-76-72(85)70(83)69(82)66(61-78)88-76/h5,7,11,13,17,19,23,25,27-28,30-31,33-34,36-37,40-43,49,51,57,59,64-67,69-76,78-80,82-86H,3-4,6,8-10,12,14-16,18,20-22,24,26,29,32,35,38-39,44-48,50,52-56,58,60-63H2,1-2H3,(H,77,81)/b7-5-,13-11-,19-17-,25-23-,28-27-,31-30-,34-33-,37-36-,42-40-,43-41+,51-49+,59-57+. The second-order valence-corrected chi connectivity index (χ2v) is 23.9. The Balaban J connectivity index is 1.71. The van der Waals surface area contributed by atoms with E-state index in [-0.39, 0.29) is 18.9 Å². The van der Waals surface area contributed by atoms with Gasteiger partial charge in [0.15, 0.2) is 12.6 Å². The molecule has 0 bridgehead atoms. The molecule has 1 amide bonds. The van der Waals surface area contributed by atoms with Gasteiger partial charge in [-0.2, -0.15) is 0 Å². The lowest BCUT2D eigenvalue weighted by atomic mass is 9.97. The van der Waals surface area contributed by atoms with Crippen molar-refractivity contribution < 1.29 is 64.6 Å². The number of rotatable bonds is 55. The number of nitrogens with one attached hydrogen (secondary N) is 1. The third kappa shape index (κ3) is 42.2. The smallest absolute Gasteiger partial charge is 0.220 e. The molecule has 14 nitrogen and oxygen atoms in total. The van der Waals surface area contributed by atoms with Crippen LogP contribution in [0.1, 0.15) is 232 Å². The fraction of sp³-hybridized carbons (Fsp3) is 0.671. The molecule has 0 spiro atoms. The second kappa shape index (κ2) is 58.7. The maximum atomic E-state index is 13.3. The highest BCUT2D eigenvalue weighted by Crippen LogP contribution is 2.30. The minimum Gasteiger partial charge on any atom is -0.394 e. The molecule has 0 radical (unpaired) electrons. The Morgan fingerprint density at radius 1 is 0.411 bits per heavy atom. The molecule has 0 saturated carbocycles. The van der Waals surface area contributed by atoms with Crippen molar-refractivity contribution in [3.8, 4) is 0 Å². The summed E-state index contributed by atoms with van der Waals surface area (Å²) in [4.78, 5) is 13.3. The Hall–Kier alpha value is -4.13. The van der Waals surface area contributed by atoms with Crippen LogP contribution in [0, 0.1) is 0 Å².